The molecule has 5 heteroatoms. The molecule has 0 spiro atoms. The van der Waals surface area contributed by atoms with E-state index in [-0.39, 0.29) is 0 Å². The summed E-state index contributed by atoms with van der Waals surface area (Å²) in [6, 6.07) is 12.4. The Morgan fingerprint density at radius 1 is 1.03 bits per heavy atom. The highest BCUT2D eigenvalue weighted by atomic mass is 15.1. The smallest absolute Gasteiger partial charge is 0.0568 e. The van der Waals surface area contributed by atoms with Gasteiger partial charge in [-0.15, -0.1) is 0 Å². The molecule has 0 atom stereocenters. The lowest BCUT2D eigenvalue weighted by atomic mass is 9.99. The van der Waals surface area contributed by atoms with E-state index < -0.39 is 0 Å². The monoisotopic (exact) mass is 413 g/mol. The van der Waals surface area contributed by atoms with Crippen molar-refractivity contribution in [2.24, 2.45) is 0 Å². The molecule has 160 valence electrons. The molecule has 4 rings (SSSR count). The maximum atomic E-state index is 6.28. The van der Waals surface area contributed by atoms with Gasteiger partial charge in [-0.05, 0) is 79.9 Å². The molecule has 1 aliphatic rings. The molecule has 3 N–H and O–H groups in total. The fourth-order valence-electron chi connectivity index (χ4n) is 4.07. The zero-order valence-corrected chi connectivity index (χ0v) is 18.3. The van der Waals surface area contributed by atoms with Crippen LogP contribution < -0.4 is 11.1 Å². The van der Waals surface area contributed by atoms with Crippen molar-refractivity contribution in [1.29, 1.82) is 0 Å². The van der Waals surface area contributed by atoms with Gasteiger partial charge < -0.3 is 11.1 Å². The van der Waals surface area contributed by atoms with Crippen LogP contribution in [-0.4, -0.2) is 28.0 Å². The number of allylic oxidation sites excluding steroid dienone is 1. The second-order valence-corrected chi connectivity index (χ2v) is 8.43. The van der Waals surface area contributed by atoms with Crippen molar-refractivity contribution in [3.8, 4) is 11.1 Å². The van der Waals surface area contributed by atoms with Crippen LogP contribution in [0.3, 0.4) is 0 Å². The minimum Gasteiger partial charge on any atom is -0.398 e. The van der Waals surface area contributed by atoms with E-state index in [1.54, 1.807) is 0 Å². The van der Waals surface area contributed by atoms with Crippen LogP contribution >= 0.6 is 0 Å². The van der Waals surface area contributed by atoms with Gasteiger partial charge in [-0.1, -0.05) is 19.1 Å². The minimum atomic E-state index is 0.647. The summed E-state index contributed by atoms with van der Waals surface area (Å²) in [5.74, 6) is 0. The first-order chi connectivity index (χ1) is 15.1. The summed E-state index contributed by atoms with van der Waals surface area (Å²) >= 11 is 0. The third-order valence-electron chi connectivity index (χ3n) is 5.76. The van der Waals surface area contributed by atoms with Gasteiger partial charge in [0, 0.05) is 48.0 Å². The van der Waals surface area contributed by atoms with Crippen molar-refractivity contribution < 1.29 is 0 Å². The lowest BCUT2D eigenvalue weighted by Gasteiger charge is -2.26. The van der Waals surface area contributed by atoms with E-state index in [4.69, 9.17) is 5.73 Å². The Morgan fingerprint density at radius 3 is 2.65 bits per heavy atom. The van der Waals surface area contributed by atoms with E-state index in [2.05, 4.69) is 45.0 Å². The van der Waals surface area contributed by atoms with Gasteiger partial charge in [-0.25, -0.2) is 0 Å². The summed E-state index contributed by atoms with van der Waals surface area (Å²) in [6.45, 7) is 9.48. The number of benzene rings is 1. The predicted molar refractivity (Wildman–Crippen MR) is 129 cm³/mol. The van der Waals surface area contributed by atoms with Gasteiger partial charge >= 0.3 is 0 Å². The zero-order chi connectivity index (χ0) is 21.6. The Bertz CT molecular complexity index is 1040. The summed E-state index contributed by atoms with van der Waals surface area (Å²) < 4.78 is 0. The predicted octanol–water partition coefficient (Wildman–Crippen LogP) is 5.19. The topological polar surface area (TPSA) is 67.1 Å². The Morgan fingerprint density at radius 2 is 1.87 bits per heavy atom. The van der Waals surface area contributed by atoms with Gasteiger partial charge in [0.05, 0.1) is 11.9 Å². The van der Waals surface area contributed by atoms with Gasteiger partial charge in [0.2, 0.25) is 0 Å². The van der Waals surface area contributed by atoms with Crippen molar-refractivity contribution in [3.05, 3.63) is 84.1 Å². The maximum Gasteiger partial charge on any atom is 0.0568 e. The van der Waals surface area contributed by atoms with Gasteiger partial charge in [0.25, 0.3) is 0 Å². The lowest BCUT2D eigenvalue weighted by molar-refractivity contribution is 0.220. The number of piperidine rings is 1. The average Bonchev–Trinajstić information content (AvgIpc) is 2.78. The molecule has 1 aliphatic heterocycles. The molecule has 1 fully saturated rings. The lowest BCUT2D eigenvalue weighted by Crippen LogP contribution is -2.29. The van der Waals surface area contributed by atoms with Crippen LogP contribution in [0.25, 0.3) is 11.1 Å². The van der Waals surface area contributed by atoms with Crippen molar-refractivity contribution in [3.63, 3.8) is 0 Å². The molecule has 2 aromatic heterocycles. The Kier molecular flexibility index (Phi) is 6.63. The van der Waals surface area contributed by atoms with Crippen molar-refractivity contribution in [2.75, 3.05) is 24.1 Å². The number of nitrogens with zero attached hydrogens (tertiary/aromatic N) is 3. The Labute approximate surface area is 185 Å². The second-order valence-electron chi connectivity index (χ2n) is 8.43. The van der Waals surface area contributed by atoms with Crippen LogP contribution in [0, 0.1) is 6.92 Å². The van der Waals surface area contributed by atoms with Crippen LogP contribution in [0.5, 0.6) is 0 Å². The fourth-order valence-corrected chi connectivity index (χ4v) is 4.07. The summed E-state index contributed by atoms with van der Waals surface area (Å²) in [5.41, 5.74) is 14.4. The van der Waals surface area contributed by atoms with Gasteiger partial charge in [-0.3, -0.25) is 14.9 Å². The van der Waals surface area contributed by atoms with E-state index in [9.17, 15) is 0 Å². The molecule has 3 heterocycles. The van der Waals surface area contributed by atoms with Crippen LogP contribution in [0.4, 0.5) is 11.4 Å². The number of hydrogen-bond acceptors (Lipinski definition) is 5. The minimum absolute atomic E-state index is 0.647. The maximum absolute atomic E-state index is 6.28. The third kappa shape index (κ3) is 5.70. The zero-order valence-electron chi connectivity index (χ0n) is 18.3. The van der Waals surface area contributed by atoms with Crippen LogP contribution in [-0.2, 0) is 13.0 Å². The number of aromatic nitrogens is 2. The van der Waals surface area contributed by atoms with E-state index in [1.807, 2.05) is 43.7 Å². The molecular weight excluding hydrogens is 382 g/mol. The largest absolute Gasteiger partial charge is 0.398 e. The normalized spacial score (nSPS) is 14.4. The highest BCUT2D eigenvalue weighted by Crippen LogP contribution is 2.26. The molecule has 1 aromatic carbocycles. The number of aryl methyl sites for hydroxylation is 1. The first-order valence-corrected chi connectivity index (χ1v) is 11.0. The summed E-state index contributed by atoms with van der Waals surface area (Å²) in [5, 5.41) is 3.33. The average molecular weight is 414 g/mol. The molecule has 31 heavy (non-hydrogen) atoms. The van der Waals surface area contributed by atoms with E-state index in [1.165, 1.54) is 37.9 Å². The van der Waals surface area contributed by atoms with Crippen molar-refractivity contribution in [1.82, 2.24) is 14.9 Å². The highest BCUT2D eigenvalue weighted by Gasteiger charge is 2.12. The molecule has 3 aromatic rings. The summed E-state index contributed by atoms with van der Waals surface area (Å²) in [6.07, 6.45) is 10.3. The van der Waals surface area contributed by atoms with E-state index in [0.717, 1.165) is 46.0 Å². The SMILES string of the molecule is C=C(Cc1cc(-c2cncc(CN3CCCCC3)c2)ccc1N)Nc1ccc(C)nc1. The standard InChI is InChI=1S/C26H31N5/c1-19-6-8-25(17-29-19)30-20(2)12-23-14-22(7-9-26(23)27)24-13-21(15-28-16-24)18-31-10-4-3-5-11-31/h6-9,13-17,30H,2-5,10-12,18,27H2,1H3. The summed E-state index contributed by atoms with van der Waals surface area (Å²) in [4.78, 5) is 11.4. The van der Waals surface area contributed by atoms with E-state index in [0.29, 0.717) is 6.42 Å². The van der Waals surface area contributed by atoms with Crippen molar-refractivity contribution >= 4 is 11.4 Å². The highest BCUT2D eigenvalue weighted by molar-refractivity contribution is 5.68. The number of likely N-dealkylation sites (tertiary alicyclic amines) is 1. The Hall–Kier alpha value is -3.18. The molecular formula is C26H31N5. The number of rotatable bonds is 7. The quantitative estimate of drug-likeness (QED) is 0.522. The van der Waals surface area contributed by atoms with Crippen LogP contribution in [0.2, 0.25) is 0 Å². The number of nitrogen functional groups attached to an aromatic ring is 1. The molecule has 5 nitrogen and oxygen atoms in total. The number of hydrogen-bond donors (Lipinski definition) is 2. The number of pyridine rings is 2. The fraction of sp³-hybridized carbons (Fsp3) is 0.308. The van der Waals surface area contributed by atoms with Gasteiger partial charge in [0.1, 0.15) is 0 Å². The molecule has 0 radical (unpaired) electrons. The Balaban J connectivity index is 1.47. The second kappa shape index (κ2) is 9.75. The number of anilines is 2. The summed E-state index contributed by atoms with van der Waals surface area (Å²) in [7, 11) is 0. The van der Waals surface area contributed by atoms with Crippen molar-refractivity contribution in [2.45, 2.75) is 39.2 Å². The number of nitrogens with two attached hydrogens (primary N) is 1. The van der Waals surface area contributed by atoms with Gasteiger partial charge in [-0.2, -0.15) is 0 Å². The van der Waals surface area contributed by atoms with Gasteiger partial charge in [0.15, 0.2) is 0 Å². The van der Waals surface area contributed by atoms with E-state index >= 15 is 0 Å². The van der Waals surface area contributed by atoms with Crippen LogP contribution in [0.15, 0.2) is 67.3 Å². The molecule has 1 saturated heterocycles. The first-order valence-electron chi connectivity index (χ1n) is 11.0. The molecule has 0 bridgehead atoms. The molecule has 0 amide bonds. The molecule has 0 saturated carbocycles. The number of nitrogens with one attached hydrogen (secondary N) is 1. The first kappa shape index (κ1) is 21.1. The van der Waals surface area contributed by atoms with Crippen LogP contribution in [0.1, 0.15) is 36.1 Å². The third-order valence-corrected chi connectivity index (χ3v) is 5.76. The molecule has 0 unspecified atom stereocenters. The molecule has 0 aliphatic carbocycles.